The molecule has 0 unspecified atom stereocenters. The van der Waals surface area contributed by atoms with Gasteiger partial charge in [0.05, 0.1) is 18.3 Å². The molecule has 7 heteroatoms. The van der Waals surface area contributed by atoms with E-state index in [1.54, 1.807) is 19.1 Å². The lowest BCUT2D eigenvalue weighted by Gasteiger charge is -2.32. The van der Waals surface area contributed by atoms with Crippen LogP contribution < -0.4 is 10.1 Å². The first-order chi connectivity index (χ1) is 12.1. The van der Waals surface area contributed by atoms with Crippen molar-refractivity contribution in [3.63, 3.8) is 0 Å². The fourth-order valence-corrected chi connectivity index (χ4v) is 2.76. The smallest absolute Gasteiger partial charge is 0.289 e. The molecule has 3 rings (SSSR count). The highest BCUT2D eigenvalue weighted by atomic mass is 19.1. The van der Waals surface area contributed by atoms with Crippen LogP contribution in [0.15, 0.2) is 28.7 Å². The second-order valence-electron chi connectivity index (χ2n) is 5.93. The van der Waals surface area contributed by atoms with Crippen molar-refractivity contribution in [1.29, 1.82) is 0 Å². The van der Waals surface area contributed by atoms with E-state index in [2.05, 4.69) is 10.3 Å². The molecule has 2 heterocycles. The summed E-state index contributed by atoms with van der Waals surface area (Å²) in [4.78, 5) is 16.7. The number of aromatic nitrogens is 1. The van der Waals surface area contributed by atoms with E-state index in [-0.39, 0.29) is 23.5 Å². The van der Waals surface area contributed by atoms with Crippen LogP contribution >= 0.6 is 0 Å². The first-order valence-electron chi connectivity index (χ1n) is 8.34. The van der Waals surface area contributed by atoms with Gasteiger partial charge in [0, 0.05) is 19.1 Å². The van der Waals surface area contributed by atoms with Crippen molar-refractivity contribution in [2.45, 2.75) is 38.8 Å². The van der Waals surface area contributed by atoms with Crippen LogP contribution in [0, 0.1) is 12.7 Å². The van der Waals surface area contributed by atoms with Gasteiger partial charge in [0.25, 0.3) is 5.91 Å². The molecule has 1 N–H and O–H groups in total. The molecule has 1 aliphatic rings. The van der Waals surface area contributed by atoms with Crippen molar-refractivity contribution in [2.75, 3.05) is 13.2 Å². The average molecular weight is 348 g/mol. The number of nitrogens with zero attached hydrogens (tertiary/aromatic N) is 1. The SMILES string of the molecule is CCc1nc(C)c(C(=O)N[C@@H]2CCOC[C@H]2Oc2cccc(F)c2)o1. The summed E-state index contributed by atoms with van der Waals surface area (Å²) in [5, 5.41) is 2.93. The van der Waals surface area contributed by atoms with E-state index >= 15 is 0 Å². The molecular weight excluding hydrogens is 327 g/mol. The van der Waals surface area contributed by atoms with Crippen LogP contribution in [0.25, 0.3) is 0 Å². The van der Waals surface area contributed by atoms with Crippen LogP contribution in [0.5, 0.6) is 5.75 Å². The van der Waals surface area contributed by atoms with Crippen molar-refractivity contribution < 1.29 is 23.1 Å². The van der Waals surface area contributed by atoms with E-state index in [1.165, 1.54) is 12.1 Å². The summed E-state index contributed by atoms with van der Waals surface area (Å²) in [5.41, 5.74) is 0.559. The largest absolute Gasteiger partial charge is 0.486 e. The van der Waals surface area contributed by atoms with Crippen molar-refractivity contribution in [2.24, 2.45) is 0 Å². The van der Waals surface area contributed by atoms with Crippen LogP contribution in [-0.2, 0) is 11.2 Å². The number of nitrogens with one attached hydrogen (secondary N) is 1. The Hall–Kier alpha value is -2.41. The zero-order chi connectivity index (χ0) is 17.8. The van der Waals surface area contributed by atoms with Crippen molar-refractivity contribution >= 4 is 5.91 Å². The third kappa shape index (κ3) is 4.17. The van der Waals surface area contributed by atoms with Gasteiger partial charge in [-0.3, -0.25) is 4.79 Å². The molecule has 25 heavy (non-hydrogen) atoms. The van der Waals surface area contributed by atoms with Gasteiger partial charge in [0.1, 0.15) is 17.7 Å². The third-order valence-electron chi connectivity index (χ3n) is 4.05. The Morgan fingerprint density at radius 3 is 3.04 bits per heavy atom. The molecule has 1 aromatic heterocycles. The van der Waals surface area contributed by atoms with Gasteiger partial charge in [-0.05, 0) is 25.5 Å². The van der Waals surface area contributed by atoms with Gasteiger partial charge in [0.2, 0.25) is 5.76 Å². The minimum Gasteiger partial charge on any atom is -0.486 e. The summed E-state index contributed by atoms with van der Waals surface area (Å²) in [6, 6.07) is 5.64. The van der Waals surface area contributed by atoms with E-state index < -0.39 is 6.10 Å². The van der Waals surface area contributed by atoms with E-state index in [1.807, 2.05) is 6.92 Å². The van der Waals surface area contributed by atoms with Gasteiger partial charge in [-0.25, -0.2) is 9.37 Å². The Balaban J connectivity index is 1.70. The zero-order valence-corrected chi connectivity index (χ0v) is 14.3. The first kappa shape index (κ1) is 17.4. The average Bonchev–Trinajstić information content (AvgIpc) is 2.98. The number of benzene rings is 1. The van der Waals surface area contributed by atoms with Crippen molar-refractivity contribution in [3.8, 4) is 5.75 Å². The number of halogens is 1. The summed E-state index contributed by atoms with van der Waals surface area (Å²) >= 11 is 0. The van der Waals surface area contributed by atoms with Crippen LogP contribution in [0.1, 0.15) is 35.5 Å². The molecule has 134 valence electrons. The van der Waals surface area contributed by atoms with Crippen LogP contribution in [-0.4, -0.2) is 36.3 Å². The predicted octanol–water partition coefficient (Wildman–Crippen LogP) is 2.65. The second-order valence-corrected chi connectivity index (χ2v) is 5.93. The number of oxazole rings is 1. The quantitative estimate of drug-likeness (QED) is 0.899. The monoisotopic (exact) mass is 348 g/mol. The minimum absolute atomic E-state index is 0.216. The standard InChI is InChI=1S/C18H21FN2O4/c1-3-16-20-11(2)17(25-16)18(22)21-14-7-8-23-10-15(14)24-13-6-4-5-12(19)9-13/h4-6,9,14-15H,3,7-8,10H2,1-2H3,(H,21,22)/t14-,15-/m1/s1. The highest BCUT2D eigenvalue weighted by molar-refractivity contribution is 5.92. The Morgan fingerprint density at radius 1 is 1.48 bits per heavy atom. The fourth-order valence-electron chi connectivity index (χ4n) is 2.76. The molecule has 6 nitrogen and oxygen atoms in total. The molecule has 1 saturated heterocycles. The molecule has 0 bridgehead atoms. The zero-order valence-electron chi connectivity index (χ0n) is 14.3. The Bertz CT molecular complexity index is 746. The van der Waals surface area contributed by atoms with Gasteiger partial charge >= 0.3 is 0 Å². The number of aryl methyl sites for hydroxylation is 2. The molecule has 2 aromatic rings. The molecule has 1 aliphatic heterocycles. The van der Waals surface area contributed by atoms with Gasteiger partial charge in [-0.15, -0.1) is 0 Å². The fraction of sp³-hybridized carbons (Fsp3) is 0.444. The maximum absolute atomic E-state index is 13.3. The molecule has 1 fully saturated rings. The number of carbonyl (C=O) groups excluding carboxylic acids is 1. The summed E-state index contributed by atoms with van der Waals surface area (Å²) in [7, 11) is 0. The summed E-state index contributed by atoms with van der Waals surface area (Å²) < 4.78 is 30.1. The number of rotatable bonds is 5. The van der Waals surface area contributed by atoms with Gasteiger partial charge in [-0.2, -0.15) is 0 Å². The van der Waals surface area contributed by atoms with Gasteiger partial charge < -0.3 is 19.2 Å². The summed E-state index contributed by atoms with van der Waals surface area (Å²) in [6.07, 6.45) is 0.810. The minimum atomic E-state index is -0.409. The molecule has 0 spiro atoms. The number of amides is 1. The van der Waals surface area contributed by atoms with Crippen LogP contribution in [0.4, 0.5) is 4.39 Å². The molecule has 0 saturated carbocycles. The Morgan fingerprint density at radius 2 is 2.32 bits per heavy atom. The lowest BCUT2D eigenvalue weighted by atomic mass is 10.1. The molecule has 1 amide bonds. The van der Waals surface area contributed by atoms with Crippen molar-refractivity contribution in [1.82, 2.24) is 10.3 Å². The molecule has 1 aromatic carbocycles. The molecular formula is C18H21FN2O4. The molecule has 0 radical (unpaired) electrons. The Kier molecular flexibility index (Phi) is 5.33. The number of hydrogen-bond acceptors (Lipinski definition) is 5. The molecule has 2 atom stereocenters. The molecule has 0 aliphatic carbocycles. The lowest BCUT2D eigenvalue weighted by Crippen LogP contribution is -2.51. The number of hydrogen-bond donors (Lipinski definition) is 1. The van der Waals surface area contributed by atoms with Crippen LogP contribution in [0.2, 0.25) is 0 Å². The van der Waals surface area contributed by atoms with Crippen LogP contribution in [0.3, 0.4) is 0 Å². The van der Waals surface area contributed by atoms with E-state index in [0.717, 1.165) is 0 Å². The maximum Gasteiger partial charge on any atom is 0.289 e. The lowest BCUT2D eigenvalue weighted by molar-refractivity contribution is -0.0138. The first-order valence-corrected chi connectivity index (χ1v) is 8.34. The summed E-state index contributed by atoms with van der Waals surface area (Å²) in [5.74, 6) is 0.442. The second kappa shape index (κ2) is 7.65. The topological polar surface area (TPSA) is 73.6 Å². The van der Waals surface area contributed by atoms with Crippen molar-refractivity contribution in [3.05, 3.63) is 47.4 Å². The number of carbonyl (C=O) groups is 1. The highest BCUT2D eigenvalue weighted by Crippen LogP contribution is 2.19. The van der Waals surface area contributed by atoms with E-state index in [0.29, 0.717) is 43.4 Å². The van der Waals surface area contributed by atoms with Gasteiger partial charge in [0.15, 0.2) is 5.89 Å². The highest BCUT2D eigenvalue weighted by Gasteiger charge is 2.30. The van der Waals surface area contributed by atoms with E-state index in [4.69, 9.17) is 13.9 Å². The number of ether oxygens (including phenoxy) is 2. The maximum atomic E-state index is 13.3. The Labute approximate surface area is 145 Å². The summed E-state index contributed by atoms with van der Waals surface area (Å²) in [6.45, 7) is 4.48. The predicted molar refractivity (Wildman–Crippen MR) is 88.1 cm³/mol. The van der Waals surface area contributed by atoms with Gasteiger partial charge in [-0.1, -0.05) is 13.0 Å². The normalized spacial score (nSPS) is 20.3. The van der Waals surface area contributed by atoms with E-state index in [9.17, 15) is 9.18 Å². The third-order valence-corrected chi connectivity index (χ3v) is 4.05.